The van der Waals surface area contributed by atoms with E-state index < -0.39 is 0 Å². The number of hydrogen-bond acceptors (Lipinski definition) is 3. The van der Waals surface area contributed by atoms with Gasteiger partial charge >= 0.3 is 0 Å². The Kier molecular flexibility index (Phi) is 5.06. The standard InChI is InChI=1S/C16H27NO2/c1-3-17(11-15-5-4-10-19-15)12-16(13-18)8-6-14(2)7-9-16/h4-5,10,14,18H,3,6-9,11-13H2,1-2H3. The molecule has 1 aromatic heterocycles. The molecular formula is C16H27NO2. The Morgan fingerprint density at radius 1 is 1.42 bits per heavy atom. The van der Waals surface area contributed by atoms with Gasteiger partial charge in [0.15, 0.2) is 0 Å². The minimum absolute atomic E-state index is 0.106. The van der Waals surface area contributed by atoms with E-state index >= 15 is 0 Å². The van der Waals surface area contributed by atoms with Crippen LogP contribution in [0.15, 0.2) is 22.8 Å². The zero-order valence-corrected chi connectivity index (χ0v) is 12.3. The van der Waals surface area contributed by atoms with Crippen LogP contribution in [0, 0.1) is 11.3 Å². The summed E-state index contributed by atoms with van der Waals surface area (Å²) in [4.78, 5) is 2.39. The van der Waals surface area contributed by atoms with Crippen molar-refractivity contribution < 1.29 is 9.52 Å². The Morgan fingerprint density at radius 2 is 2.16 bits per heavy atom. The molecule has 1 aliphatic carbocycles. The van der Waals surface area contributed by atoms with Gasteiger partial charge in [0, 0.05) is 18.6 Å². The number of furan rings is 1. The topological polar surface area (TPSA) is 36.6 Å². The monoisotopic (exact) mass is 265 g/mol. The van der Waals surface area contributed by atoms with Crippen molar-refractivity contribution in [1.82, 2.24) is 4.90 Å². The fourth-order valence-corrected chi connectivity index (χ4v) is 3.12. The van der Waals surface area contributed by atoms with Crippen LogP contribution < -0.4 is 0 Å². The van der Waals surface area contributed by atoms with Gasteiger partial charge in [-0.1, -0.05) is 26.7 Å². The van der Waals surface area contributed by atoms with Gasteiger partial charge < -0.3 is 9.52 Å². The second-order valence-electron chi connectivity index (χ2n) is 6.22. The highest BCUT2D eigenvalue weighted by molar-refractivity contribution is 4.98. The van der Waals surface area contributed by atoms with Crippen molar-refractivity contribution in [3.63, 3.8) is 0 Å². The molecule has 1 heterocycles. The van der Waals surface area contributed by atoms with Gasteiger partial charge in [0.1, 0.15) is 5.76 Å². The number of rotatable bonds is 6. The van der Waals surface area contributed by atoms with E-state index in [9.17, 15) is 5.11 Å². The average Bonchev–Trinajstić information content (AvgIpc) is 2.94. The first-order valence-electron chi connectivity index (χ1n) is 7.53. The molecule has 1 N–H and O–H groups in total. The Labute approximate surface area is 116 Å². The van der Waals surface area contributed by atoms with Crippen molar-refractivity contribution in [1.29, 1.82) is 0 Å². The maximum atomic E-state index is 9.85. The normalized spacial score (nSPS) is 27.9. The lowest BCUT2D eigenvalue weighted by Crippen LogP contribution is -2.42. The van der Waals surface area contributed by atoms with Gasteiger partial charge in [-0.3, -0.25) is 4.90 Å². The third-order valence-corrected chi connectivity index (χ3v) is 4.64. The molecule has 0 spiro atoms. The summed E-state index contributed by atoms with van der Waals surface area (Å²) in [5, 5.41) is 9.85. The molecule has 0 aromatic carbocycles. The quantitative estimate of drug-likeness (QED) is 0.857. The van der Waals surface area contributed by atoms with E-state index in [0.29, 0.717) is 6.61 Å². The van der Waals surface area contributed by atoms with E-state index in [-0.39, 0.29) is 5.41 Å². The maximum absolute atomic E-state index is 9.85. The van der Waals surface area contributed by atoms with Crippen molar-refractivity contribution in [2.75, 3.05) is 19.7 Å². The van der Waals surface area contributed by atoms with Gasteiger partial charge in [-0.2, -0.15) is 0 Å². The first-order valence-corrected chi connectivity index (χ1v) is 7.53. The number of nitrogens with zero attached hydrogens (tertiary/aromatic N) is 1. The molecule has 108 valence electrons. The molecule has 0 radical (unpaired) electrons. The van der Waals surface area contributed by atoms with Crippen molar-refractivity contribution in [3.05, 3.63) is 24.2 Å². The van der Waals surface area contributed by atoms with Crippen molar-refractivity contribution in [3.8, 4) is 0 Å². The zero-order chi connectivity index (χ0) is 13.7. The largest absolute Gasteiger partial charge is 0.468 e. The van der Waals surface area contributed by atoms with Gasteiger partial charge in [0.2, 0.25) is 0 Å². The van der Waals surface area contributed by atoms with Crippen LogP contribution in [0.4, 0.5) is 0 Å². The van der Waals surface area contributed by atoms with Crippen molar-refractivity contribution in [2.24, 2.45) is 11.3 Å². The van der Waals surface area contributed by atoms with Crippen molar-refractivity contribution >= 4 is 0 Å². The molecule has 0 saturated heterocycles. The number of aliphatic hydroxyl groups excluding tert-OH is 1. The Morgan fingerprint density at radius 3 is 2.68 bits per heavy atom. The third-order valence-electron chi connectivity index (χ3n) is 4.64. The summed E-state index contributed by atoms with van der Waals surface area (Å²) in [7, 11) is 0. The van der Waals surface area contributed by atoms with Crippen LogP contribution in [0.1, 0.15) is 45.3 Å². The average molecular weight is 265 g/mol. The van der Waals surface area contributed by atoms with E-state index in [4.69, 9.17) is 4.42 Å². The van der Waals surface area contributed by atoms with Crippen LogP contribution in [-0.4, -0.2) is 29.7 Å². The fraction of sp³-hybridized carbons (Fsp3) is 0.750. The Balaban J connectivity index is 1.95. The van der Waals surface area contributed by atoms with Crippen LogP contribution >= 0.6 is 0 Å². The molecule has 19 heavy (non-hydrogen) atoms. The van der Waals surface area contributed by atoms with E-state index in [2.05, 4.69) is 18.7 Å². The second-order valence-corrected chi connectivity index (χ2v) is 6.22. The number of aliphatic hydroxyl groups is 1. The predicted octanol–water partition coefficient (Wildman–Crippen LogP) is 3.29. The van der Waals surface area contributed by atoms with E-state index in [1.54, 1.807) is 6.26 Å². The SMILES string of the molecule is CCN(Cc1ccco1)CC1(CO)CCC(C)CC1. The molecule has 3 heteroatoms. The van der Waals surface area contributed by atoms with Gasteiger partial charge in [-0.25, -0.2) is 0 Å². The van der Waals surface area contributed by atoms with Crippen LogP contribution in [-0.2, 0) is 6.54 Å². The van der Waals surface area contributed by atoms with Crippen LogP contribution in [0.3, 0.4) is 0 Å². The van der Waals surface area contributed by atoms with E-state index in [0.717, 1.165) is 44.2 Å². The molecule has 3 nitrogen and oxygen atoms in total. The lowest BCUT2D eigenvalue weighted by Gasteiger charge is -2.41. The lowest BCUT2D eigenvalue weighted by molar-refractivity contribution is 0.0266. The predicted molar refractivity (Wildman–Crippen MR) is 76.8 cm³/mol. The first-order chi connectivity index (χ1) is 9.17. The molecule has 0 bridgehead atoms. The van der Waals surface area contributed by atoms with Gasteiger partial charge in [0.25, 0.3) is 0 Å². The van der Waals surface area contributed by atoms with Crippen LogP contribution in [0.5, 0.6) is 0 Å². The molecule has 0 unspecified atom stereocenters. The van der Waals surface area contributed by atoms with Crippen LogP contribution in [0.25, 0.3) is 0 Å². The molecule has 1 saturated carbocycles. The Bertz CT molecular complexity index is 353. The smallest absolute Gasteiger partial charge is 0.117 e. The Hall–Kier alpha value is -0.800. The fourth-order valence-electron chi connectivity index (χ4n) is 3.12. The summed E-state index contributed by atoms with van der Waals surface area (Å²) >= 11 is 0. The molecule has 1 aromatic rings. The second kappa shape index (κ2) is 6.58. The summed E-state index contributed by atoms with van der Waals surface area (Å²) in [6.07, 6.45) is 6.53. The van der Waals surface area contributed by atoms with E-state index in [1.165, 1.54) is 12.8 Å². The van der Waals surface area contributed by atoms with Gasteiger partial charge in [-0.15, -0.1) is 0 Å². The lowest BCUT2D eigenvalue weighted by atomic mass is 9.71. The molecule has 2 rings (SSSR count). The molecule has 0 atom stereocenters. The molecule has 0 aliphatic heterocycles. The summed E-state index contributed by atoms with van der Waals surface area (Å²) in [5.74, 6) is 1.83. The molecule has 0 amide bonds. The maximum Gasteiger partial charge on any atom is 0.117 e. The number of hydrogen-bond donors (Lipinski definition) is 1. The summed E-state index contributed by atoms with van der Waals surface area (Å²) in [6, 6.07) is 3.96. The van der Waals surface area contributed by atoms with E-state index in [1.807, 2.05) is 12.1 Å². The molecular weight excluding hydrogens is 238 g/mol. The summed E-state index contributed by atoms with van der Waals surface area (Å²) < 4.78 is 5.43. The summed E-state index contributed by atoms with van der Waals surface area (Å²) in [5.41, 5.74) is 0.106. The summed E-state index contributed by atoms with van der Waals surface area (Å²) in [6.45, 7) is 7.64. The van der Waals surface area contributed by atoms with Gasteiger partial charge in [-0.05, 0) is 37.4 Å². The highest BCUT2D eigenvalue weighted by atomic mass is 16.3. The minimum Gasteiger partial charge on any atom is -0.468 e. The van der Waals surface area contributed by atoms with Crippen molar-refractivity contribution in [2.45, 2.75) is 46.1 Å². The minimum atomic E-state index is 0.106. The molecule has 1 aliphatic rings. The zero-order valence-electron chi connectivity index (χ0n) is 12.3. The van der Waals surface area contributed by atoms with Gasteiger partial charge in [0.05, 0.1) is 12.8 Å². The van der Waals surface area contributed by atoms with Crippen LogP contribution in [0.2, 0.25) is 0 Å². The third kappa shape index (κ3) is 3.83. The first kappa shape index (κ1) is 14.6. The highest BCUT2D eigenvalue weighted by Gasteiger charge is 2.35. The highest BCUT2D eigenvalue weighted by Crippen LogP contribution is 2.39. The molecule has 1 fully saturated rings.